The lowest BCUT2D eigenvalue weighted by molar-refractivity contribution is -0.130. The van der Waals surface area contributed by atoms with Gasteiger partial charge in [0.1, 0.15) is 5.75 Å². The minimum absolute atomic E-state index is 0.0403. The van der Waals surface area contributed by atoms with Gasteiger partial charge in [-0.25, -0.2) is 0 Å². The number of benzene rings is 1. The third-order valence-electron chi connectivity index (χ3n) is 3.66. The normalized spacial score (nSPS) is 23.2. The number of hydrogen-bond acceptors (Lipinski definition) is 3. The van der Waals surface area contributed by atoms with Gasteiger partial charge in [0, 0.05) is 18.5 Å². The van der Waals surface area contributed by atoms with E-state index in [-0.39, 0.29) is 18.5 Å². The van der Waals surface area contributed by atoms with Crippen molar-refractivity contribution < 1.29 is 9.53 Å². The summed E-state index contributed by atoms with van der Waals surface area (Å²) in [5, 5.41) is 0. The van der Waals surface area contributed by atoms with Crippen molar-refractivity contribution in [3.63, 3.8) is 0 Å². The number of ether oxygens (including phenoxy) is 1. The van der Waals surface area contributed by atoms with E-state index in [0.717, 1.165) is 18.7 Å². The van der Waals surface area contributed by atoms with Crippen LogP contribution in [0.5, 0.6) is 5.75 Å². The van der Waals surface area contributed by atoms with Gasteiger partial charge in [-0.1, -0.05) is 12.1 Å². The summed E-state index contributed by atoms with van der Waals surface area (Å²) in [6.07, 6.45) is 0.998. The molecule has 1 amide bonds. The molecule has 1 aliphatic rings. The zero-order chi connectivity index (χ0) is 13.1. The third-order valence-corrected chi connectivity index (χ3v) is 3.66. The van der Waals surface area contributed by atoms with Crippen LogP contribution in [0.3, 0.4) is 0 Å². The van der Waals surface area contributed by atoms with E-state index in [4.69, 9.17) is 10.5 Å². The highest BCUT2D eigenvalue weighted by Gasteiger charge is 2.32. The smallest absolute Gasteiger partial charge is 0.236 e. The maximum Gasteiger partial charge on any atom is 0.236 e. The zero-order valence-electron chi connectivity index (χ0n) is 10.9. The predicted octanol–water partition coefficient (Wildman–Crippen LogP) is 1.36. The van der Waals surface area contributed by atoms with Crippen molar-refractivity contribution >= 4 is 5.91 Å². The van der Waals surface area contributed by atoms with Gasteiger partial charge in [0.05, 0.1) is 13.7 Å². The number of methoxy groups -OCH3 is 1. The van der Waals surface area contributed by atoms with E-state index in [1.165, 1.54) is 5.56 Å². The fourth-order valence-corrected chi connectivity index (χ4v) is 2.61. The van der Waals surface area contributed by atoms with Crippen LogP contribution in [0.15, 0.2) is 24.3 Å². The maximum atomic E-state index is 11.7. The second-order valence-corrected chi connectivity index (χ2v) is 4.81. The summed E-state index contributed by atoms with van der Waals surface area (Å²) in [7, 11) is 1.66. The Morgan fingerprint density at radius 2 is 2.11 bits per heavy atom. The summed E-state index contributed by atoms with van der Waals surface area (Å²) < 4.78 is 5.15. The minimum Gasteiger partial charge on any atom is -0.497 e. The van der Waals surface area contributed by atoms with E-state index in [2.05, 4.69) is 19.1 Å². The first-order valence-corrected chi connectivity index (χ1v) is 6.29. The van der Waals surface area contributed by atoms with E-state index in [9.17, 15) is 4.79 Å². The van der Waals surface area contributed by atoms with E-state index in [1.807, 2.05) is 17.0 Å². The first kappa shape index (κ1) is 12.9. The number of nitrogens with two attached hydrogens (primary N) is 1. The maximum absolute atomic E-state index is 11.7. The van der Waals surface area contributed by atoms with Crippen LogP contribution >= 0.6 is 0 Å². The molecule has 1 aromatic rings. The quantitative estimate of drug-likeness (QED) is 0.878. The molecule has 1 heterocycles. The Labute approximate surface area is 108 Å². The number of amides is 1. The molecule has 2 N–H and O–H groups in total. The highest BCUT2D eigenvalue weighted by Crippen LogP contribution is 2.32. The van der Waals surface area contributed by atoms with Gasteiger partial charge in [0.15, 0.2) is 0 Å². The summed E-state index contributed by atoms with van der Waals surface area (Å²) in [4.78, 5) is 13.6. The minimum atomic E-state index is 0.0403. The first-order valence-electron chi connectivity index (χ1n) is 6.29. The standard InChI is InChI=1S/C14H20N2O2/c1-10-7-12(9-16(10)14(17)8-15)11-3-5-13(18-2)6-4-11/h3-6,10,12H,7-9,15H2,1-2H3/t10-,12-/m0/s1. The summed E-state index contributed by atoms with van der Waals surface area (Å²) >= 11 is 0. The highest BCUT2D eigenvalue weighted by atomic mass is 16.5. The average molecular weight is 248 g/mol. The second kappa shape index (κ2) is 5.40. The molecule has 4 heteroatoms. The van der Waals surface area contributed by atoms with Crippen LogP contribution in [0.2, 0.25) is 0 Å². The molecule has 2 rings (SSSR count). The molecule has 0 unspecified atom stereocenters. The number of carbonyl (C=O) groups is 1. The molecule has 0 aromatic heterocycles. The Morgan fingerprint density at radius 1 is 1.44 bits per heavy atom. The number of carbonyl (C=O) groups excluding carboxylic acids is 1. The van der Waals surface area contributed by atoms with Crippen molar-refractivity contribution in [3.8, 4) is 5.75 Å². The molecule has 0 radical (unpaired) electrons. The molecule has 1 aromatic carbocycles. The van der Waals surface area contributed by atoms with Crippen molar-refractivity contribution in [3.05, 3.63) is 29.8 Å². The lowest BCUT2D eigenvalue weighted by atomic mass is 9.97. The van der Waals surface area contributed by atoms with Gasteiger partial charge >= 0.3 is 0 Å². The van der Waals surface area contributed by atoms with Crippen LogP contribution in [0.1, 0.15) is 24.8 Å². The summed E-state index contributed by atoms with van der Waals surface area (Å²) in [5.41, 5.74) is 6.69. The Balaban J connectivity index is 2.09. The highest BCUT2D eigenvalue weighted by molar-refractivity contribution is 5.78. The van der Waals surface area contributed by atoms with Gasteiger partial charge in [-0.05, 0) is 31.0 Å². The Morgan fingerprint density at radius 3 is 2.67 bits per heavy atom. The third kappa shape index (κ3) is 2.48. The fourth-order valence-electron chi connectivity index (χ4n) is 2.61. The van der Waals surface area contributed by atoms with Crippen LogP contribution < -0.4 is 10.5 Å². The molecule has 4 nitrogen and oxygen atoms in total. The summed E-state index contributed by atoms with van der Waals surface area (Å²) in [6.45, 7) is 2.94. The number of rotatable bonds is 3. The zero-order valence-corrected chi connectivity index (χ0v) is 10.9. The summed E-state index contributed by atoms with van der Waals surface area (Å²) in [6, 6.07) is 8.35. The van der Waals surface area contributed by atoms with Gasteiger partial charge < -0.3 is 15.4 Å². The average Bonchev–Trinajstić information content (AvgIpc) is 2.80. The molecule has 0 saturated carbocycles. The SMILES string of the molecule is COc1ccc([C@H]2C[C@H](C)N(C(=O)CN)C2)cc1. The molecular formula is C14H20N2O2. The van der Waals surface area contributed by atoms with E-state index < -0.39 is 0 Å². The predicted molar refractivity (Wildman–Crippen MR) is 70.6 cm³/mol. The molecule has 98 valence electrons. The van der Waals surface area contributed by atoms with Crippen LogP contribution in [0.4, 0.5) is 0 Å². The second-order valence-electron chi connectivity index (χ2n) is 4.81. The lowest BCUT2D eigenvalue weighted by Crippen LogP contribution is -2.38. The topological polar surface area (TPSA) is 55.6 Å². The van der Waals surface area contributed by atoms with Crippen LogP contribution in [-0.4, -0.2) is 37.0 Å². The monoisotopic (exact) mass is 248 g/mol. The molecule has 1 saturated heterocycles. The van der Waals surface area contributed by atoms with Crippen molar-refractivity contribution in [1.82, 2.24) is 4.90 Å². The van der Waals surface area contributed by atoms with Crippen LogP contribution in [0.25, 0.3) is 0 Å². The van der Waals surface area contributed by atoms with Gasteiger partial charge in [-0.3, -0.25) is 4.79 Å². The molecule has 1 aliphatic heterocycles. The van der Waals surface area contributed by atoms with Crippen molar-refractivity contribution in [2.75, 3.05) is 20.2 Å². The molecule has 2 atom stereocenters. The number of likely N-dealkylation sites (tertiary alicyclic amines) is 1. The Kier molecular flexibility index (Phi) is 3.87. The van der Waals surface area contributed by atoms with Crippen molar-refractivity contribution in [1.29, 1.82) is 0 Å². The van der Waals surface area contributed by atoms with Crippen LogP contribution in [-0.2, 0) is 4.79 Å². The van der Waals surface area contributed by atoms with Gasteiger partial charge in [-0.2, -0.15) is 0 Å². The fraction of sp³-hybridized carbons (Fsp3) is 0.500. The van der Waals surface area contributed by atoms with E-state index in [0.29, 0.717) is 5.92 Å². The molecule has 18 heavy (non-hydrogen) atoms. The van der Waals surface area contributed by atoms with Crippen molar-refractivity contribution in [2.45, 2.75) is 25.3 Å². The summed E-state index contributed by atoms with van der Waals surface area (Å²) in [5.74, 6) is 1.31. The molecule has 0 spiro atoms. The number of hydrogen-bond donors (Lipinski definition) is 1. The van der Waals surface area contributed by atoms with Crippen LogP contribution in [0, 0.1) is 0 Å². The number of nitrogens with zero attached hydrogens (tertiary/aromatic N) is 1. The Hall–Kier alpha value is -1.55. The molecule has 0 aliphatic carbocycles. The van der Waals surface area contributed by atoms with Crippen molar-refractivity contribution in [2.24, 2.45) is 5.73 Å². The lowest BCUT2D eigenvalue weighted by Gasteiger charge is -2.20. The molecular weight excluding hydrogens is 228 g/mol. The molecule has 1 fully saturated rings. The largest absolute Gasteiger partial charge is 0.497 e. The first-order chi connectivity index (χ1) is 8.65. The van der Waals surface area contributed by atoms with E-state index in [1.54, 1.807) is 7.11 Å². The van der Waals surface area contributed by atoms with Gasteiger partial charge in [0.2, 0.25) is 5.91 Å². The van der Waals surface area contributed by atoms with E-state index >= 15 is 0 Å². The van der Waals surface area contributed by atoms with Gasteiger partial charge in [-0.15, -0.1) is 0 Å². The van der Waals surface area contributed by atoms with Gasteiger partial charge in [0.25, 0.3) is 0 Å². The molecule has 0 bridgehead atoms. The Bertz CT molecular complexity index is 416.